The van der Waals surface area contributed by atoms with E-state index in [0.29, 0.717) is 6.54 Å². The van der Waals surface area contributed by atoms with Gasteiger partial charge in [0.1, 0.15) is 11.6 Å². The Kier molecular flexibility index (Phi) is 9.16. The molecule has 0 aliphatic carbocycles. The van der Waals surface area contributed by atoms with Crippen LogP contribution in [-0.4, -0.2) is 70.5 Å². The summed E-state index contributed by atoms with van der Waals surface area (Å²) >= 11 is 0. The molecule has 0 atom stereocenters. The Labute approximate surface area is 141 Å². The Morgan fingerprint density at radius 1 is 1.04 bits per heavy atom. The van der Waals surface area contributed by atoms with Crippen LogP contribution in [0.5, 0.6) is 0 Å². The fourth-order valence-corrected chi connectivity index (χ4v) is 2.18. The molecule has 0 aliphatic rings. The summed E-state index contributed by atoms with van der Waals surface area (Å²) in [6.45, 7) is 0.165. The third-order valence-electron chi connectivity index (χ3n) is 3.31. The predicted molar refractivity (Wildman–Crippen MR) is 88.4 cm³/mol. The van der Waals surface area contributed by atoms with E-state index in [0.717, 1.165) is 5.56 Å². The van der Waals surface area contributed by atoms with Crippen LogP contribution in [0.25, 0.3) is 0 Å². The van der Waals surface area contributed by atoms with Crippen LogP contribution in [-0.2, 0) is 11.3 Å². The van der Waals surface area contributed by atoms with Gasteiger partial charge >= 0.3 is 0 Å². The Bertz CT molecular complexity index is 563. The van der Waals surface area contributed by atoms with Crippen LogP contribution in [0.4, 0.5) is 0 Å². The summed E-state index contributed by atoms with van der Waals surface area (Å²) in [5, 5.41) is 36.5. The van der Waals surface area contributed by atoms with E-state index in [9.17, 15) is 15.2 Å². The molecular weight excluding hydrogens is 310 g/mol. The van der Waals surface area contributed by atoms with Gasteiger partial charge in [0.15, 0.2) is 0 Å². The fourth-order valence-electron chi connectivity index (χ4n) is 2.18. The highest BCUT2D eigenvalue weighted by Gasteiger charge is 2.18. The van der Waals surface area contributed by atoms with E-state index in [1.54, 1.807) is 4.90 Å². The molecular formula is C17H23N3O4. The summed E-state index contributed by atoms with van der Waals surface area (Å²) in [5.74, 6) is -0.559. The van der Waals surface area contributed by atoms with Gasteiger partial charge in [-0.25, -0.2) is 0 Å². The molecule has 7 heteroatoms. The van der Waals surface area contributed by atoms with Crippen LogP contribution in [0, 0.1) is 11.3 Å². The normalized spacial score (nSPS) is 11.0. The van der Waals surface area contributed by atoms with E-state index in [4.69, 9.17) is 10.2 Å². The van der Waals surface area contributed by atoms with E-state index in [2.05, 4.69) is 0 Å². The zero-order chi connectivity index (χ0) is 17.8. The summed E-state index contributed by atoms with van der Waals surface area (Å²) in [6.07, 6.45) is 1.41. The van der Waals surface area contributed by atoms with Gasteiger partial charge in [0, 0.05) is 32.4 Å². The third kappa shape index (κ3) is 6.38. The predicted octanol–water partition coefficient (Wildman–Crippen LogP) is -0.298. The first-order valence-corrected chi connectivity index (χ1v) is 7.68. The summed E-state index contributed by atoms with van der Waals surface area (Å²) in [4.78, 5) is 15.3. The Morgan fingerprint density at radius 3 is 2.12 bits per heavy atom. The molecule has 0 aliphatic heterocycles. The van der Waals surface area contributed by atoms with Crippen molar-refractivity contribution in [2.75, 3.05) is 39.5 Å². The first kappa shape index (κ1) is 19.6. The number of carbonyl (C=O) groups is 1. The molecule has 3 N–H and O–H groups in total. The first-order chi connectivity index (χ1) is 11.7. The first-order valence-electron chi connectivity index (χ1n) is 7.68. The largest absolute Gasteiger partial charge is 0.395 e. The van der Waals surface area contributed by atoms with Gasteiger partial charge in [-0.15, -0.1) is 0 Å². The van der Waals surface area contributed by atoms with Crippen molar-refractivity contribution < 1.29 is 20.1 Å². The molecule has 0 saturated heterocycles. The molecule has 1 aromatic rings. The molecule has 130 valence electrons. The third-order valence-corrected chi connectivity index (χ3v) is 3.31. The highest BCUT2D eigenvalue weighted by Crippen LogP contribution is 2.09. The number of aliphatic hydroxyl groups is 3. The van der Waals surface area contributed by atoms with E-state index in [1.807, 2.05) is 36.4 Å². The topological polar surface area (TPSA) is 108 Å². The number of hydrogen-bond donors (Lipinski definition) is 3. The number of aliphatic hydroxyl groups excluding tert-OH is 3. The summed E-state index contributed by atoms with van der Waals surface area (Å²) < 4.78 is 0. The van der Waals surface area contributed by atoms with Crippen molar-refractivity contribution in [3.05, 3.63) is 47.7 Å². The van der Waals surface area contributed by atoms with Crippen molar-refractivity contribution in [1.82, 2.24) is 9.80 Å². The van der Waals surface area contributed by atoms with Crippen molar-refractivity contribution in [3.8, 4) is 6.07 Å². The number of rotatable bonds is 10. The molecule has 0 aromatic heterocycles. The monoisotopic (exact) mass is 333 g/mol. The summed E-state index contributed by atoms with van der Waals surface area (Å²) in [5.41, 5.74) is 0.871. The highest BCUT2D eigenvalue weighted by molar-refractivity contribution is 5.97. The second kappa shape index (κ2) is 11.2. The average molecular weight is 333 g/mol. The minimum Gasteiger partial charge on any atom is -0.395 e. The zero-order valence-electron chi connectivity index (χ0n) is 13.5. The molecule has 0 radical (unpaired) electrons. The minimum absolute atomic E-state index is 0.0388. The lowest BCUT2D eigenvalue weighted by molar-refractivity contribution is -0.127. The number of benzene rings is 1. The number of nitrogens with zero attached hydrogens (tertiary/aromatic N) is 3. The zero-order valence-corrected chi connectivity index (χ0v) is 13.5. The minimum atomic E-state index is -0.559. The van der Waals surface area contributed by atoms with Gasteiger partial charge < -0.3 is 25.1 Å². The maximum Gasteiger partial charge on any atom is 0.266 e. The van der Waals surface area contributed by atoms with Crippen molar-refractivity contribution >= 4 is 5.91 Å². The Hall–Kier alpha value is -2.40. The van der Waals surface area contributed by atoms with E-state index < -0.39 is 5.91 Å². The van der Waals surface area contributed by atoms with E-state index in [-0.39, 0.29) is 45.0 Å². The van der Waals surface area contributed by atoms with Crippen LogP contribution in [0.15, 0.2) is 42.1 Å². The molecule has 0 heterocycles. The van der Waals surface area contributed by atoms with Gasteiger partial charge in [-0.3, -0.25) is 4.79 Å². The lowest BCUT2D eigenvalue weighted by atomic mass is 10.2. The molecule has 1 aromatic carbocycles. The van der Waals surface area contributed by atoms with Crippen LogP contribution < -0.4 is 0 Å². The van der Waals surface area contributed by atoms with Crippen LogP contribution >= 0.6 is 0 Å². The molecule has 0 bridgehead atoms. The smallest absolute Gasteiger partial charge is 0.266 e. The van der Waals surface area contributed by atoms with Crippen LogP contribution in [0.1, 0.15) is 5.56 Å². The SMILES string of the molecule is N#C/C(=C/N(CCO)Cc1ccccc1)C(=O)N(CCO)CCO. The Balaban J connectivity index is 2.94. The molecule has 24 heavy (non-hydrogen) atoms. The number of nitriles is 1. The second-order valence-corrected chi connectivity index (χ2v) is 5.07. The lowest BCUT2D eigenvalue weighted by Crippen LogP contribution is -2.37. The number of hydrogen-bond acceptors (Lipinski definition) is 6. The molecule has 0 fully saturated rings. The van der Waals surface area contributed by atoms with Crippen molar-refractivity contribution in [1.29, 1.82) is 5.26 Å². The van der Waals surface area contributed by atoms with Gasteiger partial charge in [0.2, 0.25) is 0 Å². The number of carbonyl (C=O) groups excluding carboxylic acids is 1. The summed E-state index contributed by atoms with van der Waals surface area (Å²) in [6, 6.07) is 11.3. The van der Waals surface area contributed by atoms with Crippen LogP contribution in [0.2, 0.25) is 0 Å². The van der Waals surface area contributed by atoms with Crippen molar-refractivity contribution in [2.24, 2.45) is 0 Å². The highest BCUT2D eigenvalue weighted by atomic mass is 16.3. The molecule has 1 amide bonds. The maximum absolute atomic E-state index is 12.4. The molecule has 7 nitrogen and oxygen atoms in total. The average Bonchev–Trinajstić information content (AvgIpc) is 2.60. The van der Waals surface area contributed by atoms with Gasteiger partial charge in [0.25, 0.3) is 5.91 Å². The van der Waals surface area contributed by atoms with E-state index in [1.165, 1.54) is 11.1 Å². The molecule has 0 saturated carbocycles. The second-order valence-electron chi connectivity index (χ2n) is 5.07. The summed E-state index contributed by atoms with van der Waals surface area (Å²) in [7, 11) is 0. The molecule has 1 rings (SSSR count). The molecule has 0 spiro atoms. The van der Waals surface area contributed by atoms with Gasteiger partial charge in [-0.05, 0) is 5.56 Å². The Morgan fingerprint density at radius 2 is 1.62 bits per heavy atom. The molecule has 0 unspecified atom stereocenters. The quantitative estimate of drug-likeness (QED) is 0.401. The van der Waals surface area contributed by atoms with Gasteiger partial charge in [0.05, 0.1) is 19.8 Å². The standard InChI is InChI=1S/C17H23N3O4/c18-12-16(17(24)20(7-10-22)8-11-23)14-19(6-9-21)13-15-4-2-1-3-5-15/h1-5,14,21-23H,6-11,13H2/b16-14-. The fraction of sp³-hybridized carbons (Fsp3) is 0.412. The van der Waals surface area contributed by atoms with Crippen LogP contribution in [0.3, 0.4) is 0 Å². The van der Waals surface area contributed by atoms with E-state index >= 15 is 0 Å². The van der Waals surface area contributed by atoms with Gasteiger partial charge in [-0.1, -0.05) is 30.3 Å². The lowest BCUT2D eigenvalue weighted by Gasteiger charge is -2.23. The maximum atomic E-state index is 12.4. The van der Waals surface area contributed by atoms with Gasteiger partial charge in [-0.2, -0.15) is 5.26 Å². The van der Waals surface area contributed by atoms with Crippen molar-refractivity contribution in [3.63, 3.8) is 0 Å². The van der Waals surface area contributed by atoms with Crippen molar-refractivity contribution in [2.45, 2.75) is 6.54 Å². The number of amides is 1.